The number of rotatable bonds is 4. The molecule has 1 atom stereocenters. The summed E-state index contributed by atoms with van der Waals surface area (Å²) in [6.45, 7) is 2.45. The Hall–Kier alpha value is -1.39. The summed E-state index contributed by atoms with van der Waals surface area (Å²) >= 11 is 3.45. The summed E-state index contributed by atoms with van der Waals surface area (Å²) in [6, 6.07) is 13.4. The van der Waals surface area contributed by atoms with Crippen LogP contribution in [0.1, 0.15) is 23.5 Å². The third-order valence-corrected chi connectivity index (χ3v) is 4.79. The molecule has 1 aliphatic rings. The number of hydrogen-bond donors (Lipinski definition) is 1. The van der Waals surface area contributed by atoms with Crippen molar-refractivity contribution < 1.29 is 4.39 Å². The Labute approximate surface area is 132 Å². The Morgan fingerprint density at radius 1 is 1.24 bits per heavy atom. The van der Waals surface area contributed by atoms with Gasteiger partial charge in [-0.15, -0.1) is 0 Å². The fraction of sp³-hybridized carbons (Fsp3) is 0.294. The van der Waals surface area contributed by atoms with Crippen LogP contribution >= 0.6 is 15.9 Å². The predicted molar refractivity (Wildman–Crippen MR) is 88.0 cm³/mol. The molecule has 0 spiro atoms. The summed E-state index contributed by atoms with van der Waals surface area (Å²) in [7, 11) is 0. The van der Waals surface area contributed by atoms with Crippen molar-refractivity contribution in [1.29, 1.82) is 0 Å². The minimum atomic E-state index is -0.214. The highest BCUT2D eigenvalue weighted by atomic mass is 79.9. The summed E-state index contributed by atoms with van der Waals surface area (Å²) in [6.07, 6.45) is 0.998. The Morgan fingerprint density at radius 2 is 2.05 bits per heavy atom. The lowest BCUT2D eigenvalue weighted by Crippen LogP contribution is -2.22. The molecule has 4 heteroatoms. The average molecular weight is 349 g/mol. The van der Waals surface area contributed by atoms with E-state index in [1.807, 2.05) is 6.07 Å². The number of halogens is 2. The quantitative estimate of drug-likeness (QED) is 0.903. The largest absolute Gasteiger partial charge is 0.366 e. The van der Waals surface area contributed by atoms with Crippen LogP contribution in [0.4, 0.5) is 10.1 Å². The molecule has 0 aromatic heterocycles. The first-order valence-corrected chi connectivity index (χ1v) is 7.96. The molecule has 2 nitrogen and oxygen atoms in total. The van der Waals surface area contributed by atoms with Crippen LogP contribution in [0.2, 0.25) is 0 Å². The molecule has 1 unspecified atom stereocenters. The molecule has 1 heterocycles. The van der Waals surface area contributed by atoms with Crippen molar-refractivity contribution in [2.24, 2.45) is 5.73 Å². The third-order valence-electron chi connectivity index (χ3n) is 4.05. The standard InChI is InChI=1S/C17H18BrFN2/c18-16-9-14(19)6-5-13(16)11-21-10-12(7-8-20)15-3-1-2-4-17(15)21/h1-6,9,12H,7-8,10-11,20H2. The maximum absolute atomic E-state index is 13.2. The van der Waals surface area contributed by atoms with Gasteiger partial charge in [0, 0.05) is 29.2 Å². The van der Waals surface area contributed by atoms with Crippen molar-refractivity contribution in [2.45, 2.75) is 18.9 Å². The van der Waals surface area contributed by atoms with Crippen molar-refractivity contribution >= 4 is 21.6 Å². The number of anilines is 1. The van der Waals surface area contributed by atoms with Gasteiger partial charge in [-0.1, -0.05) is 40.2 Å². The van der Waals surface area contributed by atoms with Gasteiger partial charge < -0.3 is 10.6 Å². The SMILES string of the molecule is NCCC1CN(Cc2ccc(F)cc2Br)c2ccccc21. The van der Waals surface area contributed by atoms with Crippen molar-refractivity contribution in [3.05, 3.63) is 63.9 Å². The van der Waals surface area contributed by atoms with Gasteiger partial charge in [-0.25, -0.2) is 4.39 Å². The monoisotopic (exact) mass is 348 g/mol. The first kappa shape index (κ1) is 14.5. The van der Waals surface area contributed by atoms with Gasteiger partial charge in [-0.3, -0.25) is 0 Å². The second-order valence-electron chi connectivity index (χ2n) is 5.45. The Morgan fingerprint density at radius 3 is 2.81 bits per heavy atom. The second-order valence-corrected chi connectivity index (χ2v) is 6.30. The molecule has 1 aliphatic heterocycles. The maximum atomic E-state index is 13.2. The lowest BCUT2D eigenvalue weighted by Gasteiger charge is -2.21. The topological polar surface area (TPSA) is 29.3 Å². The molecular weight excluding hydrogens is 331 g/mol. The van der Waals surface area contributed by atoms with E-state index < -0.39 is 0 Å². The van der Waals surface area contributed by atoms with Gasteiger partial charge in [-0.05, 0) is 42.3 Å². The molecule has 0 fully saturated rings. The number of nitrogens with two attached hydrogens (primary N) is 1. The molecule has 2 N–H and O–H groups in total. The van der Waals surface area contributed by atoms with Gasteiger partial charge in [0.1, 0.15) is 5.82 Å². The van der Waals surface area contributed by atoms with E-state index in [1.54, 1.807) is 0 Å². The Bertz CT molecular complexity index is 644. The second kappa shape index (κ2) is 6.16. The van der Waals surface area contributed by atoms with Gasteiger partial charge >= 0.3 is 0 Å². The zero-order valence-electron chi connectivity index (χ0n) is 11.7. The molecule has 0 saturated heterocycles. The van der Waals surface area contributed by atoms with Crippen LogP contribution in [0.3, 0.4) is 0 Å². The highest BCUT2D eigenvalue weighted by molar-refractivity contribution is 9.10. The molecule has 3 rings (SSSR count). The first-order chi connectivity index (χ1) is 10.2. The highest BCUT2D eigenvalue weighted by Crippen LogP contribution is 2.39. The van der Waals surface area contributed by atoms with E-state index >= 15 is 0 Å². The normalized spacial score (nSPS) is 17.1. The first-order valence-electron chi connectivity index (χ1n) is 7.17. The molecule has 21 heavy (non-hydrogen) atoms. The summed E-state index contributed by atoms with van der Waals surface area (Å²) in [5, 5.41) is 0. The van der Waals surface area contributed by atoms with Crippen LogP contribution in [0, 0.1) is 5.82 Å². The number of para-hydroxylation sites is 1. The van der Waals surface area contributed by atoms with E-state index in [2.05, 4.69) is 45.1 Å². The molecule has 2 aromatic rings. The zero-order valence-corrected chi connectivity index (χ0v) is 13.3. The molecule has 0 saturated carbocycles. The Kier molecular flexibility index (Phi) is 4.27. The average Bonchev–Trinajstić information content (AvgIpc) is 2.81. The molecule has 0 amide bonds. The van der Waals surface area contributed by atoms with Crippen LogP contribution in [-0.2, 0) is 6.54 Å². The molecule has 0 aliphatic carbocycles. The summed E-state index contributed by atoms with van der Waals surface area (Å²) in [5.74, 6) is 0.277. The zero-order chi connectivity index (χ0) is 14.8. The lowest BCUT2D eigenvalue weighted by atomic mass is 9.98. The number of benzene rings is 2. The third kappa shape index (κ3) is 2.97. The fourth-order valence-electron chi connectivity index (χ4n) is 3.04. The van der Waals surface area contributed by atoms with E-state index in [9.17, 15) is 4.39 Å². The maximum Gasteiger partial charge on any atom is 0.124 e. The van der Waals surface area contributed by atoms with Gasteiger partial charge in [0.2, 0.25) is 0 Å². The van der Waals surface area contributed by atoms with Gasteiger partial charge in [-0.2, -0.15) is 0 Å². The predicted octanol–water partition coefficient (Wildman–Crippen LogP) is 4.04. The van der Waals surface area contributed by atoms with E-state index in [0.29, 0.717) is 12.5 Å². The number of nitrogens with zero attached hydrogens (tertiary/aromatic N) is 1. The number of fused-ring (bicyclic) bond motifs is 1. The van der Waals surface area contributed by atoms with Gasteiger partial charge in [0.05, 0.1) is 0 Å². The summed E-state index contributed by atoms with van der Waals surface area (Å²) in [4.78, 5) is 2.35. The molecular formula is C17H18BrFN2. The van der Waals surface area contributed by atoms with Crippen LogP contribution < -0.4 is 10.6 Å². The summed E-state index contributed by atoms with van der Waals surface area (Å²) < 4.78 is 14.0. The molecule has 0 bridgehead atoms. The van der Waals surface area contributed by atoms with E-state index in [4.69, 9.17) is 5.73 Å². The lowest BCUT2D eigenvalue weighted by molar-refractivity contribution is 0.623. The van der Waals surface area contributed by atoms with Gasteiger partial charge in [0.25, 0.3) is 0 Å². The fourth-order valence-corrected chi connectivity index (χ4v) is 3.51. The van der Waals surface area contributed by atoms with Crippen LogP contribution in [-0.4, -0.2) is 13.1 Å². The van der Waals surface area contributed by atoms with Crippen LogP contribution in [0.25, 0.3) is 0 Å². The highest BCUT2D eigenvalue weighted by Gasteiger charge is 2.27. The van der Waals surface area contributed by atoms with Crippen molar-refractivity contribution in [2.75, 3.05) is 18.0 Å². The van der Waals surface area contributed by atoms with Crippen molar-refractivity contribution in [3.8, 4) is 0 Å². The van der Waals surface area contributed by atoms with Crippen molar-refractivity contribution in [1.82, 2.24) is 0 Å². The molecule has 2 aromatic carbocycles. The number of hydrogen-bond acceptors (Lipinski definition) is 2. The summed E-state index contributed by atoms with van der Waals surface area (Å²) in [5.41, 5.74) is 9.48. The minimum Gasteiger partial charge on any atom is -0.366 e. The van der Waals surface area contributed by atoms with E-state index in [-0.39, 0.29) is 5.82 Å². The van der Waals surface area contributed by atoms with Gasteiger partial charge in [0.15, 0.2) is 0 Å². The van der Waals surface area contributed by atoms with Crippen molar-refractivity contribution in [3.63, 3.8) is 0 Å². The molecule has 0 radical (unpaired) electrons. The van der Waals surface area contributed by atoms with Crippen LogP contribution in [0.5, 0.6) is 0 Å². The molecule has 110 valence electrons. The minimum absolute atomic E-state index is 0.214. The smallest absolute Gasteiger partial charge is 0.124 e. The van der Waals surface area contributed by atoms with E-state index in [1.165, 1.54) is 23.4 Å². The van der Waals surface area contributed by atoms with E-state index in [0.717, 1.165) is 29.5 Å². The Balaban J connectivity index is 1.86. The van der Waals surface area contributed by atoms with Crippen LogP contribution in [0.15, 0.2) is 46.9 Å².